The minimum atomic E-state index is -4.35. The van der Waals surface area contributed by atoms with Crippen molar-refractivity contribution in [1.29, 1.82) is 0 Å². The quantitative estimate of drug-likeness (QED) is 0.201. The Morgan fingerprint density at radius 2 is 1.31 bits per heavy atom. The molecule has 0 bridgehead atoms. The van der Waals surface area contributed by atoms with E-state index in [0.29, 0.717) is 17.0 Å². The van der Waals surface area contributed by atoms with Crippen LogP contribution in [0.25, 0.3) is 0 Å². The fraction of sp³-hybridized carbons (Fsp3) is 0.480. The average molecular weight is 561 g/mol. The Bertz CT molecular complexity index is 972. The number of hydrogen-bond donors (Lipinski definition) is 0. The van der Waals surface area contributed by atoms with Crippen molar-refractivity contribution in [1.82, 2.24) is 0 Å². The molecule has 2 aromatic carbocycles. The molecule has 0 heterocycles. The number of carboxylic acid groups (broad SMARTS) is 1. The van der Waals surface area contributed by atoms with Gasteiger partial charge in [0, 0.05) is 0 Å². The second-order valence-electron chi connectivity index (χ2n) is 7.91. The van der Waals surface area contributed by atoms with Crippen LogP contribution in [0.1, 0.15) is 87.1 Å². The van der Waals surface area contributed by atoms with Crippen molar-refractivity contribution in [3.05, 3.63) is 63.6 Å². The third-order valence-corrected chi connectivity index (χ3v) is 6.87. The normalized spacial score (nSPS) is 10.4. The molecule has 0 aromatic heterocycles. The first-order valence-electron chi connectivity index (χ1n) is 11.4. The van der Waals surface area contributed by atoms with Crippen molar-refractivity contribution in [2.45, 2.75) is 82.4 Å². The van der Waals surface area contributed by atoms with E-state index in [1.54, 1.807) is 18.2 Å². The maximum atomic E-state index is 11.2. The standard InChI is InChI=1S/C18H30O3S.C7H4Cl2O2.2Na/c1-2-3-4-5-6-7-8-9-10-11-14-17-15-12-13-16-18(17)22(19,20)21;8-5-2-1-4(7(10)11)3-6(5)9;;/h12-13,15-16H,2-11,14H2,1H3,(H,19,20,21);1-3H,(H,10,11);;/q;;2*+1/p-2. The van der Waals surface area contributed by atoms with Crippen LogP contribution in [0, 0.1) is 0 Å². The number of benzene rings is 2. The van der Waals surface area contributed by atoms with Crippen LogP contribution < -0.4 is 64.2 Å². The van der Waals surface area contributed by atoms with Crippen molar-refractivity contribution in [2.75, 3.05) is 0 Å². The summed E-state index contributed by atoms with van der Waals surface area (Å²) in [6.07, 6.45) is 13.2. The largest absolute Gasteiger partial charge is 1.00 e. The van der Waals surface area contributed by atoms with Gasteiger partial charge in [-0.05, 0) is 42.2 Å². The van der Waals surface area contributed by atoms with Crippen molar-refractivity contribution >= 4 is 39.3 Å². The summed E-state index contributed by atoms with van der Waals surface area (Å²) in [6, 6.07) is 10.6. The zero-order valence-corrected chi connectivity index (χ0v) is 27.4. The van der Waals surface area contributed by atoms with Crippen molar-refractivity contribution in [3.8, 4) is 0 Å². The fourth-order valence-electron chi connectivity index (χ4n) is 3.38. The zero-order valence-electron chi connectivity index (χ0n) is 21.0. The van der Waals surface area contributed by atoms with Gasteiger partial charge in [0.15, 0.2) is 0 Å². The number of aryl methyl sites for hydroxylation is 1. The van der Waals surface area contributed by atoms with Crippen LogP contribution in [0.3, 0.4) is 0 Å². The van der Waals surface area contributed by atoms with E-state index in [2.05, 4.69) is 6.92 Å². The van der Waals surface area contributed by atoms with Gasteiger partial charge in [0.25, 0.3) is 0 Å². The van der Waals surface area contributed by atoms with E-state index in [1.165, 1.54) is 75.6 Å². The molecule has 0 aliphatic carbocycles. The molecule has 0 radical (unpaired) electrons. The van der Waals surface area contributed by atoms with Gasteiger partial charge in [-0.25, -0.2) is 8.42 Å². The summed E-state index contributed by atoms with van der Waals surface area (Å²) in [5.41, 5.74) is 0.691. The third kappa shape index (κ3) is 16.8. The van der Waals surface area contributed by atoms with E-state index in [4.69, 9.17) is 23.2 Å². The van der Waals surface area contributed by atoms with Crippen molar-refractivity contribution < 1.29 is 82.0 Å². The number of rotatable bonds is 13. The summed E-state index contributed by atoms with van der Waals surface area (Å²) in [7, 11) is -4.35. The third-order valence-electron chi connectivity index (χ3n) is 5.20. The number of unbranched alkanes of at least 4 members (excludes halogenated alkanes) is 9. The molecule has 5 nitrogen and oxygen atoms in total. The molecule has 2 rings (SSSR count). The first-order valence-corrected chi connectivity index (χ1v) is 13.5. The topological polar surface area (TPSA) is 97.3 Å². The molecule has 0 saturated heterocycles. The van der Waals surface area contributed by atoms with Gasteiger partial charge >= 0.3 is 59.1 Å². The van der Waals surface area contributed by atoms with Gasteiger partial charge < -0.3 is 14.5 Å². The summed E-state index contributed by atoms with van der Waals surface area (Å²) in [6.45, 7) is 2.23. The van der Waals surface area contributed by atoms with E-state index >= 15 is 0 Å². The van der Waals surface area contributed by atoms with E-state index < -0.39 is 16.1 Å². The summed E-state index contributed by atoms with van der Waals surface area (Å²) < 4.78 is 33.5. The monoisotopic (exact) mass is 560 g/mol. The minimum absolute atomic E-state index is 0. The first-order chi connectivity index (χ1) is 15.7. The molecule has 0 saturated carbocycles. The molecule has 10 heteroatoms. The van der Waals surface area contributed by atoms with Gasteiger partial charge in [0.1, 0.15) is 10.1 Å². The van der Waals surface area contributed by atoms with Crippen LogP contribution in [0.4, 0.5) is 0 Å². The molecule has 0 N–H and O–H groups in total. The van der Waals surface area contributed by atoms with Crippen LogP contribution in [-0.4, -0.2) is 18.9 Å². The molecule has 0 unspecified atom stereocenters. The summed E-state index contributed by atoms with van der Waals surface area (Å²) in [5.74, 6) is -1.26. The second kappa shape index (κ2) is 21.3. The van der Waals surface area contributed by atoms with E-state index in [1.807, 2.05) is 0 Å². The molecule has 0 aliphatic rings. The minimum Gasteiger partial charge on any atom is -0.744 e. The molecule has 184 valence electrons. The molecule has 0 atom stereocenters. The SMILES string of the molecule is CCCCCCCCCCCCc1ccccc1S(=O)(=O)[O-].O=C([O-])c1ccc(Cl)c(Cl)c1.[Na+].[Na+]. The first kappa shape index (κ1) is 37.6. The van der Waals surface area contributed by atoms with Gasteiger partial charge in [-0.3, -0.25) is 0 Å². The van der Waals surface area contributed by atoms with Gasteiger partial charge in [0.2, 0.25) is 0 Å². The van der Waals surface area contributed by atoms with Crippen LogP contribution in [0.2, 0.25) is 10.0 Å². The van der Waals surface area contributed by atoms with Crippen molar-refractivity contribution in [3.63, 3.8) is 0 Å². The van der Waals surface area contributed by atoms with Crippen molar-refractivity contribution in [2.24, 2.45) is 0 Å². The van der Waals surface area contributed by atoms with Crippen LogP contribution >= 0.6 is 23.2 Å². The molecular weight excluding hydrogens is 529 g/mol. The predicted molar refractivity (Wildman–Crippen MR) is 131 cm³/mol. The molecule has 0 spiro atoms. The Hall–Kier alpha value is 0.400. The van der Waals surface area contributed by atoms with E-state index in [-0.39, 0.29) is 74.6 Å². The van der Waals surface area contributed by atoms with Crippen LogP contribution in [0.15, 0.2) is 47.4 Å². The van der Waals surface area contributed by atoms with Gasteiger partial charge in [-0.15, -0.1) is 0 Å². The number of hydrogen-bond acceptors (Lipinski definition) is 5. The smallest absolute Gasteiger partial charge is 0.744 e. The number of carbonyl (C=O) groups is 1. The number of halogens is 2. The summed E-state index contributed by atoms with van der Waals surface area (Å²) in [4.78, 5) is 10.2. The maximum absolute atomic E-state index is 11.2. The fourth-order valence-corrected chi connectivity index (χ4v) is 4.41. The molecule has 0 aliphatic heterocycles. The van der Waals surface area contributed by atoms with E-state index in [9.17, 15) is 22.9 Å². The molecule has 2 aromatic rings. The van der Waals surface area contributed by atoms with Crippen LogP contribution in [0.5, 0.6) is 0 Å². The maximum Gasteiger partial charge on any atom is 1.00 e. The molecule has 35 heavy (non-hydrogen) atoms. The molecular formula is C25H32Cl2Na2O5S. The average Bonchev–Trinajstić information content (AvgIpc) is 2.77. The number of carboxylic acids is 1. The Morgan fingerprint density at radius 3 is 1.80 bits per heavy atom. The second-order valence-corrected chi connectivity index (χ2v) is 10.1. The molecule has 0 amide bonds. The number of aromatic carboxylic acids is 1. The van der Waals surface area contributed by atoms with E-state index in [0.717, 1.165) is 12.8 Å². The predicted octanol–water partition coefficient (Wildman–Crippen LogP) is 0.419. The van der Waals surface area contributed by atoms with Crippen LogP contribution in [-0.2, 0) is 16.5 Å². The Morgan fingerprint density at radius 1 is 0.800 bits per heavy atom. The number of carbonyl (C=O) groups excluding carboxylic acids is 1. The van der Waals surface area contributed by atoms with Gasteiger partial charge in [-0.2, -0.15) is 0 Å². The summed E-state index contributed by atoms with van der Waals surface area (Å²) >= 11 is 11.1. The Balaban J connectivity index is 0. The molecule has 0 fully saturated rings. The van der Waals surface area contributed by atoms with Gasteiger partial charge in [0.05, 0.1) is 20.9 Å². The Labute approximate surface area is 264 Å². The van der Waals surface area contributed by atoms with Gasteiger partial charge in [-0.1, -0.05) is 112 Å². The Kier molecular flexibility index (Phi) is 22.9. The zero-order chi connectivity index (χ0) is 24.7. The summed E-state index contributed by atoms with van der Waals surface area (Å²) in [5, 5.41) is 10.8.